The molecule has 1 aromatic heterocycles. The molecule has 29 heavy (non-hydrogen) atoms. The minimum atomic E-state index is -0.603. The monoisotopic (exact) mass is 397 g/mol. The first-order chi connectivity index (χ1) is 14.0. The first-order valence-corrected chi connectivity index (χ1v) is 8.81. The number of carbonyl (C=O) groups is 2. The molecule has 150 valence electrons. The van der Waals surface area contributed by atoms with Crippen molar-refractivity contribution in [2.24, 2.45) is 0 Å². The van der Waals surface area contributed by atoms with E-state index >= 15 is 0 Å². The lowest BCUT2D eigenvalue weighted by molar-refractivity contribution is -0.133. The molecule has 0 aliphatic heterocycles. The zero-order valence-electron chi connectivity index (χ0n) is 16.0. The molecule has 0 N–H and O–H groups in total. The zero-order valence-corrected chi connectivity index (χ0v) is 16.0. The van der Waals surface area contributed by atoms with Crippen LogP contribution in [0.1, 0.15) is 15.9 Å². The average molecular weight is 397 g/mol. The Hall–Kier alpha value is -3.68. The van der Waals surface area contributed by atoms with Crippen LogP contribution in [-0.4, -0.2) is 47.3 Å². The first-order valence-electron chi connectivity index (χ1n) is 8.81. The number of hydrogen-bond acceptors (Lipinski definition) is 5. The lowest BCUT2D eigenvalue weighted by Gasteiger charge is -2.17. The molecule has 0 saturated heterocycles. The van der Waals surface area contributed by atoms with E-state index in [1.54, 1.807) is 60.5 Å². The predicted molar refractivity (Wildman–Crippen MR) is 103 cm³/mol. The van der Waals surface area contributed by atoms with E-state index in [0.29, 0.717) is 11.1 Å². The van der Waals surface area contributed by atoms with Crippen LogP contribution in [-0.2, 0) is 16.1 Å². The number of amides is 1. The molecule has 0 bridgehead atoms. The van der Waals surface area contributed by atoms with Crippen molar-refractivity contribution in [3.05, 3.63) is 77.9 Å². The van der Waals surface area contributed by atoms with Gasteiger partial charge in [-0.05, 0) is 48.0 Å². The van der Waals surface area contributed by atoms with Crippen LogP contribution in [0.2, 0.25) is 0 Å². The second kappa shape index (κ2) is 9.01. The number of hydrogen-bond donors (Lipinski definition) is 0. The smallest absolute Gasteiger partial charge is 0.338 e. The van der Waals surface area contributed by atoms with Gasteiger partial charge in [0, 0.05) is 26.0 Å². The van der Waals surface area contributed by atoms with Gasteiger partial charge in [0.1, 0.15) is 0 Å². The van der Waals surface area contributed by atoms with Crippen molar-refractivity contribution in [3.63, 3.8) is 0 Å². The standard InChI is InChI=1S/C21H20FN3O4/c1-24(13-15-4-9-19(28-2)18(22)12-15)20(26)14-29-21(27)16-5-7-17(8-6-16)25-11-3-10-23-25/h3-12H,13-14H2,1-2H3. The molecule has 0 spiro atoms. The maximum absolute atomic E-state index is 13.8. The van der Waals surface area contributed by atoms with Crippen molar-refractivity contribution >= 4 is 11.9 Å². The highest BCUT2D eigenvalue weighted by molar-refractivity contribution is 5.91. The zero-order chi connectivity index (χ0) is 20.8. The Morgan fingerprint density at radius 3 is 2.55 bits per heavy atom. The predicted octanol–water partition coefficient (Wildman–Crippen LogP) is 2.84. The lowest BCUT2D eigenvalue weighted by Crippen LogP contribution is -2.30. The summed E-state index contributed by atoms with van der Waals surface area (Å²) in [5, 5.41) is 4.11. The molecule has 8 heteroatoms. The lowest BCUT2D eigenvalue weighted by atomic mass is 10.2. The molecule has 3 aromatic rings. The Morgan fingerprint density at radius 1 is 1.17 bits per heavy atom. The van der Waals surface area contributed by atoms with Crippen LogP contribution in [0.5, 0.6) is 5.75 Å². The van der Waals surface area contributed by atoms with E-state index in [9.17, 15) is 14.0 Å². The highest BCUT2D eigenvalue weighted by atomic mass is 19.1. The Bertz CT molecular complexity index is 988. The highest BCUT2D eigenvalue weighted by Gasteiger charge is 2.15. The number of carbonyl (C=O) groups excluding carboxylic acids is 2. The number of methoxy groups -OCH3 is 1. The van der Waals surface area contributed by atoms with Crippen molar-refractivity contribution in [2.45, 2.75) is 6.54 Å². The van der Waals surface area contributed by atoms with Gasteiger partial charge in [-0.3, -0.25) is 4.79 Å². The van der Waals surface area contributed by atoms with E-state index in [0.717, 1.165) is 5.69 Å². The number of rotatable bonds is 7. The third-order valence-electron chi connectivity index (χ3n) is 4.26. The van der Waals surface area contributed by atoms with Crippen molar-refractivity contribution in [3.8, 4) is 11.4 Å². The largest absolute Gasteiger partial charge is 0.494 e. The summed E-state index contributed by atoms with van der Waals surface area (Å²) in [4.78, 5) is 25.7. The van der Waals surface area contributed by atoms with E-state index in [1.165, 1.54) is 24.1 Å². The second-order valence-corrected chi connectivity index (χ2v) is 6.29. The molecule has 0 radical (unpaired) electrons. The van der Waals surface area contributed by atoms with Crippen LogP contribution in [0, 0.1) is 5.82 Å². The summed E-state index contributed by atoms with van der Waals surface area (Å²) in [6, 6.07) is 12.9. The number of halogens is 1. The van der Waals surface area contributed by atoms with E-state index in [-0.39, 0.29) is 12.3 Å². The van der Waals surface area contributed by atoms with Gasteiger partial charge in [0.15, 0.2) is 18.2 Å². The molecule has 0 saturated carbocycles. The number of esters is 1. The molecular weight excluding hydrogens is 377 g/mol. The van der Waals surface area contributed by atoms with Crippen LogP contribution in [0.3, 0.4) is 0 Å². The molecule has 3 rings (SSSR count). The molecule has 7 nitrogen and oxygen atoms in total. The van der Waals surface area contributed by atoms with Crippen molar-refractivity contribution in [1.82, 2.24) is 14.7 Å². The number of ether oxygens (including phenoxy) is 2. The molecule has 0 fully saturated rings. The topological polar surface area (TPSA) is 73.7 Å². The normalized spacial score (nSPS) is 10.4. The van der Waals surface area contributed by atoms with E-state index in [2.05, 4.69) is 5.10 Å². The summed E-state index contributed by atoms with van der Waals surface area (Å²) in [5.74, 6) is -1.37. The van der Waals surface area contributed by atoms with Gasteiger partial charge in [-0.1, -0.05) is 6.07 Å². The third kappa shape index (κ3) is 4.98. The molecule has 2 aromatic carbocycles. The van der Waals surface area contributed by atoms with Gasteiger partial charge in [-0.2, -0.15) is 5.10 Å². The molecule has 0 unspecified atom stereocenters. The summed E-state index contributed by atoms with van der Waals surface area (Å²) in [5.41, 5.74) is 1.72. The molecule has 1 amide bonds. The Morgan fingerprint density at radius 2 is 1.93 bits per heavy atom. The molecule has 0 atom stereocenters. The van der Waals surface area contributed by atoms with Gasteiger partial charge < -0.3 is 14.4 Å². The fraction of sp³-hybridized carbons (Fsp3) is 0.190. The summed E-state index contributed by atoms with van der Waals surface area (Å²) in [7, 11) is 2.93. The third-order valence-corrected chi connectivity index (χ3v) is 4.26. The first kappa shape index (κ1) is 20.1. The molecule has 0 aliphatic rings. The van der Waals surface area contributed by atoms with Crippen LogP contribution in [0.15, 0.2) is 60.9 Å². The van der Waals surface area contributed by atoms with Gasteiger partial charge in [-0.15, -0.1) is 0 Å². The number of aromatic nitrogens is 2. The van der Waals surface area contributed by atoms with Crippen LogP contribution < -0.4 is 4.74 Å². The summed E-state index contributed by atoms with van der Waals surface area (Å²) >= 11 is 0. The summed E-state index contributed by atoms with van der Waals surface area (Å²) in [6.45, 7) is -0.231. The maximum atomic E-state index is 13.8. The van der Waals surface area contributed by atoms with Gasteiger partial charge in [0.25, 0.3) is 5.91 Å². The maximum Gasteiger partial charge on any atom is 0.338 e. The highest BCUT2D eigenvalue weighted by Crippen LogP contribution is 2.18. The Kier molecular flexibility index (Phi) is 6.23. The van der Waals surface area contributed by atoms with E-state index in [4.69, 9.17) is 9.47 Å². The van der Waals surface area contributed by atoms with Gasteiger partial charge in [0.2, 0.25) is 0 Å². The van der Waals surface area contributed by atoms with E-state index in [1.807, 2.05) is 0 Å². The van der Waals surface area contributed by atoms with Gasteiger partial charge >= 0.3 is 5.97 Å². The summed E-state index contributed by atoms with van der Waals surface area (Å²) in [6.07, 6.45) is 3.45. The van der Waals surface area contributed by atoms with Gasteiger partial charge in [0.05, 0.1) is 18.4 Å². The fourth-order valence-corrected chi connectivity index (χ4v) is 2.66. The SMILES string of the molecule is COc1ccc(CN(C)C(=O)COC(=O)c2ccc(-n3cccn3)cc2)cc1F. The quantitative estimate of drug-likeness (QED) is 0.573. The minimum absolute atomic E-state index is 0.134. The summed E-state index contributed by atoms with van der Waals surface area (Å²) < 4.78 is 25.4. The number of benzene rings is 2. The molecular formula is C21H20FN3O4. The minimum Gasteiger partial charge on any atom is -0.494 e. The van der Waals surface area contributed by atoms with Crippen LogP contribution in [0.4, 0.5) is 4.39 Å². The molecule has 0 aliphatic carbocycles. The number of nitrogens with zero attached hydrogens (tertiary/aromatic N) is 3. The fourth-order valence-electron chi connectivity index (χ4n) is 2.66. The Labute approximate surface area is 167 Å². The van der Waals surface area contributed by atoms with Crippen LogP contribution in [0.25, 0.3) is 5.69 Å². The van der Waals surface area contributed by atoms with Crippen LogP contribution >= 0.6 is 0 Å². The number of likely N-dealkylation sites (N-methyl/N-ethyl adjacent to an activating group) is 1. The van der Waals surface area contributed by atoms with Crippen molar-refractivity contribution in [1.29, 1.82) is 0 Å². The average Bonchev–Trinajstić information content (AvgIpc) is 3.27. The second-order valence-electron chi connectivity index (χ2n) is 6.29. The van der Waals surface area contributed by atoms with Crippen molar-refractivity contribution < 1.29 is 23.5 Å². The van der Waals surface area contributed by atoms with Crippen molar-refractivity contribution in [2.75, 3.05) is 20.8 Å². The molecule has 1 heterocycles. The Balaban J connectivity index is 1.52. The van der Waals surface area contributed by atoms with E-state index < -0.39 is 24.3 Å². The van der Waals surface area contributed by atoms with Gasteiger partial charge in [-0.25, -0.2) is 13.9 Å².